The molecule has 0 amide bonds. The number of nitrogens with one attached hydrogen (secondary N) is 3. The van der Waals surface area contributed by atoms with E-state index in [1.165, 1.54) is 24.8 Å². The van der Waals surface area contributed by atoms with Crippen LogP contribution in [-0.2, 0) is 6.54 Å². The molecule has 5 heterocycles. The number of benzene rings is 2. The number of fused-ring (bicyclic) bond motifs is 2. The average molecular weight is 589 g/mol. The van der Waals surface area contributed by atoms with Gasteiger partial charge in [0.05, 0.1) is 16.9 Å². The van der Waals surface area contributed by atoms with Gasteiger partial charge in [0.2, 0.25) is 0 Å². The van der Waals surface area contributed by atoms with Crippen LogP contribution in [0.2, 0.25) is 0 Å². The standard InChI is InChI=1S/C35H37FN8/c1-43(2)14-11-38-27-17-24(16-26(36)18-27)28-7-6-8-31-29(28)19-33(39-31)35-34-32(41-42-35)10-9-30(40-34)25-15-23(20-37-21-25)22-44-12-4-3-5-13-44/h6-10,15-21,38-39H,3-5,11-14,22H2,1-2H3,(H,41,42). The van der Waals surface area contributed by atoms with E-state index in [4.69, 9.17) is 4.98 Å². The van der Waals surface area contributed by atoms with Gasteiger partial charge in [0.25, 0.3) is 0 Å². The number of aromatic nitrogens is 5. The van der Waals surface area contributed by atoms with Crippen LogP contribution in [0.25, 0.3) is 55.7 Å². The Kier molecular flexibility index (Phi) is 7.80. The fraction of sp³-hybridized carbons (Fsp3) is 0.286. The highest BCUT2D eigenvalue weighted by atomic mass is 19.1. The van der Waals surface area contributed by atoms with Crippen LogP contribution >= 0.6 is 0 Å². The van der Waals surface area contributed by atoms with E-state index in [0.717, 1.165) is 94.1 Å². The highest BCUT2D eigenvalue weighted by molar-refractivity contribution is 6.00. The maximum atomic E-state index is 14.7. The van der Waals surface area contributed by atoms with E-state index in [-0.39, 0.29) is 5.82 Å². The monoisotopic (exact) mass is 588 g/mol. The maximum Gasteiger partial charge on any atom is 0.135 e. The van der Waals surface area contributed by atoms with E-state index < -0.39 is 0 Å². The molecule has 4 aromatic heterocycles. The number of anilines is 1. The predicted octanol–water partition coefficient (Wildman–Crippen LogP) is 6.93. The molecule has 9 heteroatoms. The van der Waals surface area contributed by atoms with Gasteiger partial charge in [-0.25, -0.2) is 9.37 Å². The molecule has 0 spiro atoms. The molecule has 1 aliphatic heterocycles. The summed E-state index contributed by atoms with van der Waals surface area (Å²) >= 11 is 0. The lowest BCUT2D eigenvalue weighted by molar-refractivity contribution is 0.220. The topological polar surface area (TPSA) is 88.8 Å². The molecule has 0 unspecified atom stereocenters. The van der Waals surface area contributed by atoms with E-state index in [1.54, 1.807) is 12.1 Å². The summed E-state index contributed by atoms with van der Waals surface area (Å²) in [6.45, 7) is 4.79. The Morgan fingerprint density at radius 1 is 0.932 bits per heavy atom. The number of rotatable bonds is 9. The van der Waals surface area contributed by atoms with Crippen LogP contribution in [0.5, 0.6) is 0 Å². The molecule has 6 aromatic rings. The van der Waals surface area contributed by atoms with Crippen LogP contribution in [0.3, 0.4) is 0 Å². The van der Waals surface area contributed by atoms with Crippen molar-refractivity contribution in [2.75, 3.05) is 45.6 Å². The summed E-state index contributed by atoms with van der Waals surface area (Å²) in [4.78, 5) is 17.7. The number of likely N-dealkylation sites (N-methyl/N-ethyl adjacent to an activating group) is 1. The minimum Gasteiger partial charge on any atom is -0.384 e. The Morgan fingerprint density at radius 3 is 2.68 bits per heavy atom. The van der Waals surface area contributed by atoms with Gasteiger partial charge in [0.15, 0.2) is 0 Å². The number of hydrogen-bond acceptors (Lipinski definition) is 6. The quantitative estimate of drug-likeness (QED) is 0.170. The summed E-state index contributed by atoms with van der Waals surface area (Å²) in [6.07, 6.45) is 7.70. The third-order valence-corrected chi connectivity index (χ3v) is 8.37. The van der Waals surface area contributed by atoms with Gasteiger partial charge in [0.1, 0.15) is 17.0 Å². The third kappa shape index (κ3) is 5.93. The molecule has 1 aliphatic rings. The van der Waals surface area contributed by atoms with E-state index in [2.05, 4.69) is 47.4 Å². The van der Waals surface area contributed by atoms with Crippen molar-refractivity contribution >= 4 is 27.6 Å². The van der Waals surface area contributed by atoms with Gasteiger partial charge in [-0.3, -0.25) is 15.0 Å². The molecule has 3 N–H and O–H groups in total. The minimum atomic E-state index is -0.271. The zero-order chi connectivity index (χ0) is 30.0. The Morgan fingerprint density at radius 2 is 1.82 bits per heavy atom. The summed E-state index contributed by atoms with van der Waals surface area (Å²) in [5.41, 5.74) is 9.78. The van der Waals surface area contributed by atoms with Crippen LogP contribution in [0.1, 0.15) is 24.8 Å². The molecule has 0 bridgehead atoms. The molecular weight excluding hydrogens is 551 g/mol. The summed E-state index contributed by atoms with van der Waals surface area (Å²) in [5.74, 6) is -0.271. The Bertz CT molecular complexity index is 1920. The highest BCUT2D eigenvalue weighted by Gasteiger charge is 2.17. The van der Waals surface area contributed by atoms with Crippen LogP contribution in [-0.4, -0.2) is 75.2 Å². The number of aromatic amines is 2. The van der Waals surface area contributed by atoms with Gasteiger partial charge in [-0.15, -0.1) is 0 Å². The van der Waals surface area contributed by atoms with Crippen LogP contribution in [0.15, 0.2) is 73.1 Å². The predicted molar refractivity (Wildman–Crippen MR) is 176 cm³/mol. The number of hydrogen-bond donors (Lipinski definition) is 3. The fourth-order valence-corrected chi connectivity index (χ4v) is 6.14. The van der Waals surface area contributed by atoms with Gasteiger partial charge >= 0.3 is 0 Å². The van der Waals surface area contributed by atoms with Gasteiger partial charge in [-0.05, 0) is 105 Å². The van der Waals surface area contributed by atoms with Crippen molar-refractivity contribution in [3.05, 3.63) is 84.4 Å². The minimum absolute atomic E-state index is 0.271. The smallest absolute Gasteiger partial charge is 0.135 e. The second-order valence-corrected chi connectivity index (χ2v) is 12.0. The number of pyridine rings is 2. The number of nitrogens with zero attached hydrogens (tertiary/aromatic N) is 5. The van der Waals surface area contributed by atoms with Crippen LogP contribution in [0.4, 0.5) is 10.1 Å². The first-order valence-corrected chi connectivity index (χ1v) is 15.3. The zero-order valence-electron chi connectivity index (χ0n) is 25.2. The number of H-pyrrole nitrogens is 2. The lowest BCUT2D eigenvalue weighted by Crippen LogP contribution is -2.29. The second kappa shape index (κ2) is 12.2. The first kappa shape index (κ1) is 28.2. The molecular formula is C35H37FN8. The van der Waals surface area contributed by atoms with Crippen LogP contribution in [0, 0.1) is 5.82 Å². The molecule has 0 atom stereocenters. The Balaban J connectivity index is 1.21. The Hall–Kier alpha value is -4.60. The normalized spacial score (nSPS) is 14.2. The zero-order valence-corrected chi connectivity index (χ0v) is 25.2. The van der Waals surface area contributed by atoms with E-state index in [1.807, 2.05) is 62.9 Å². The number of likely N-dealkylation sites (tertiary alicyclic amines) is 1. The summed E-state index contributed by atoms with van der Waals surface area (Å²) < 4.78 is 14.7. The van der Waals surface area contributed by atoms with Crippen molar-refractivity contribution in [1.82, 2.24) is 34.9 Å². The largest absolute Gasteiger partial charge is 0.384 e. The third-order valence-electron chi connectivity index (χ3n) is 8.37. The lowest BCUT2D eigenvalue weighted by atomic mass is 10.0. The SMILES string of the molecule is CN(C)CCNc1cc(F)cc(-c2cccc3[nH]c(-c4n[nH]c5ccc(-c6cncc(CN7CCCCC7)c6)nc45)cc23)c1. The van der Waals surface area contributed by atoms with Crippen molar-refractivity contribution in [1.29, 1.82) is 0 Å². The van der Waals surface area contributed by atoms with Crippen molar-refractivity contribution < 1.29 is 4.39 Å². The van der Waals surface area contributed by atoms with Crippen molar-refractivity contribution in [3.63, 3.8) is 0 Å². The number of piperidine rings is 1. The molecule has 7 rings (SSSR count). The first-order chi connectivity index (χ1) is 21.5. The molecule has 224 valence electrons. The Labute approximate surface area is 256 Å². The van der Waals surface area contributed by atoms with Gasteiger partial charge in [-0.1, -0.05) is 18.6 Å². The molecule has 0 saturated carbocycles. The van der Waals surface area contributed by atoms with E-state index in [0.29, 0.717) is 0 Å². The van der Waals surface area contributed by atoms with E-state index in [9.17, 15) is 4.39 Å². The second-order valence-electron chi connectivity index (χ2n) is 12.0. The molecule has 0 radical (unpaired) electrons. The van der Waals surface area contributed by atoms with Crippen molar-refractivity contribution in [3.8, 4) is 33.8 Å². The molecule has 44 heavy (non-hydrogen) atoms. The molecule has 8 nitrogen and oxygen atoms in total. The van der Waals surface area contributed by atoms with Gasteiger partial charge in [-0.2, -0.15) is 5.10 Å². The van der Waals surface area contributed by atoms with Gasteiger partial charge in [0, 0.05) is 54.2 Å². The van der Waals surface area contributed by atoms with Crippen LogP contribution < -0.4 is 5.32 Å². The number of halogens is 1. The molecule has 1 saturated heterocycles. The summed E-state index contributed by atoms with van der Waals surface area (Å²) in [5, 5.41) is 12.1. The summed E-state index contributed by atoms with van der Waals surface area (Å²) in [6, 6.07) is 19.5. The molecule has 0 aliphatic carbocycles. The van der Waals surface area contributed by atoms with E-state index >= 15 is 0 Å². The molecule has 1 fully saturated rings. The highest BCUT2D eigenvalue weighted by Crippen LogP contribution is 2.35. The lowest BCUT2D eigenvalue weighted by Gasteiger charge is -2.26. The van der Waals surface area contributed by atoms with Gasteiger partial charge < -0.3 is 15.2 Å². The summed E-state index contributed by atoms with van der Waals surface area (Å²) in [7, 11) is 4.04. The first-order valence-electron chi connectivity index (χ1n) is 15.3. The fourth-order valence-electron chi connectivity index (χ4n) is 6.14. The average Bonchev–Trinajstić information content (AvgIpc) is 3.65. The van der Waals surface area contributed by atoms with Crippen molar-refractivity contribution in [2.45, 2.75) is 25.8 Å². The van der Waals surface area contributed by atoms with Crippen molar-refractivity contribution in [2.24, 2.45) is 0 Å². The molecule has 2 aromatic carbocycles. The maximum absolute atomic E-state index is 14.7.